The number of piperidine rings is 1. The van der Waals surface area contributed by atoms with E-state index in [1.165, 1.54) is 12.8 Å². The van der Waals surface area contributed by atoms with Crippen molar-refractivity contribution in [3.8, 4) is 16.4 Å². The molecule has 2 aliphatic rings. The second-order valence-corrected chi connectivity index (χ2v) is 8.21. The molecule has 2 unspecified atom stereocenters. The minimum absolute atomic E-state index is 0.186. The topological polar surface area (TPSA) is 71.8 Å². The number of carbonyl (C=O) groups excluding carboxylic acids is 1. The zero-order valence-electron chi connectivity index (χ0n) is 14.8. The fraction of sp³-hybridized carbons (Fsp3) is 0.350. The van der Waals surface area contributed by atoms with E-state index in [2.05, 4.69) is 20.7 Å². The Morgan fingerprint density at radius 1 is 1.11 bits per heavy atom. The highest BCUT2D eigenvalue weighted by atomic mass is 32.1. The van der Waals surface area contributed by atoms with Crippen LogP contribution in [0.15, 0.2) is 47.8 Å². The van der Waals surface area contributed by atoms with Crippen molar-refractivity contribution >= 4 is 17.2 Å². The monoisotopic (exact) mass is 379 g/mol. The van der Waals surface area contributed by atoms with Crippen LogP contribution in [0.4, 0.5) is 0 Å². The molecule has 1 aromatic carbocycles. The Morgan fingerprint density at radius 2 is 1.89 bits per heavy atom. The van der Waals surface area contributed by atoms with Gasteiger partial charge in [-0.25, -0.2) is 9.67 Å². The summed E-state index contributed by atoms with van der Waals surface area (Å²) in [6, 6.07) is 15.1. The van der Waals surface area contributed by atoms with E-state index in [-0.39, 0.29) is 17.8 Å². The summed E-state index contributed by atoms with van der Waals surface area (Å²) in [6.45, 7) is 0. The Kier molecular flexibility index (Phi) is 4.26. The van der Waals surface area contributed by atoms with Gasteiger partial charge in [0.05, 0.1) is 10.6 Å². The van der Waals surface area contributed by atoms with Gasteiger partial charge in [0, 0.05) is 18.1 Å². The van der Waals surface area contributed by atoms with Gasteiger partial charge in [-0.1, -0.05) is 24.3 Å². The van der Waals surface area contributed by atoms with Crippen LogP contribution < -0.4 is 10.6 Å². The van der Waals surface area contributed by atoms with Crippen molar-refractivity contribution in [3.05, 3.63) is 53.7 Å². The van der Waals surface area contributed by atoms with Gasteiger partial charge in [0.1, 0.15) is 0 Å². The molecule has 27 heavy (non-hydrogen) atoms. The first-order valence-electron chi connectivity index (χ1n) is 9.39. The lowest BCUT2D eigenvalue weighted by molar-refractivity contribution is 0.0913. The average Bonchev–Trinajstić information content (AvgIpc) is 3.42. The van der Waals surface area contributed by atoms with E-state index in [9.17, 15) is 4.79 Å². The molecule has 5 rings (SSSR count). The van der Waals surface area contributed by atoms with Crippen LogP contribution in [0, 0.1) is 0 Å². The minimum Gasteiger partial charge on any atom is -0.346 e. The normalized spacial score (nSPS) is 24.1. The predicted octanol–water partition coefficient (Wildman–Crippen LogP) is 3.01. The van der Waals surface area contributed by atoms with Crippen molar-refractivity contribution in [1.82, 2.24) is 25.4 Å². The van der Waals surface area contributed by atoms with Crippen molar-refractivity contribution in [2.24, 2.45) is 0 Å². The van der Waals surface area contributed by atoms with E-state index in [1.807, 2.05) is 47.8 Å². The van der Waals surface area contributed by atoms with E-state index in [4.69, 9.17) is 0 Å². The third-order valence-corrected chi connectivity index (χ3v) is 6.23. The Morgan fingerprint density at radius 3 is 2.59 bits per heavy atom. The molecule has 1 amide bonds. The Bertz CT molecular complexity index is 925. The summed E-state index contributed by atoms with van der Waals surface area (Å²) in [7, 11) is 0. The van der Waals surface area contributed by atoms with Crippen LogP contribution in [0.1, 0.15) is 36.3 Å². The van der Waals surface area contributed by atoms with Gasteiger partial charge in [-0.3, -0.25) is 4.79 Å². The molecule has 2 atom stereocenters. The second-order valence-electron chi connectivity index (χ2n) is 7.26. The van der Waals surface area contributed by atoms with E-state index in [0.29, 0.717) is 17.9 Å². The zero-order chi connectivity index (χ0) is 18.2. The molecule has 2 aromatic heterocycles. The molecule has 0 radical (unpaired) electrons. The predicted molar refractivity (Wildman–Crippen MR) is 105 cm³/mol. The average molecular weight is 379 g/mol. The molecule has 2 saturated heterocycles. The fourth-order valence-corrected chi connectivity index (χ4v) is 4.85. The van der Waals surface area contributed by atoms with Crippen LogP contribution in [-0.2, 0) is 0 Å². The van der Waals surface area contributed by atoms with Gasteiger partial charge in [0.15, 0.2) is 5.82 Å². The molecule has 0 aliphatic carbocycles. The van der Waals surface area contributed by atoms with E-state index in [0.717, 1.165) is 23.4 Å². The molecule has 138 valence electrons. The van der Waals surface area contributed by atoms with Crippen molar-refractivity contribution in [1.29, 1.82) is 0 Å². The lowest BCUT2D eigenvalue weighted by Gasteiger charge is -2.29. The molecular formula is C20H21N5OS. The van der Waals surface area contributed by atoms with Gasteiger partial charge < -0.3 is 10.6 Å². The highest BCUT2D eigenvalue weighted by Gasteiger charge is 2.34. The number of nitrogens with one attached hydrogen (secondary N) is 2. The molecule has 6 nitrogen and oxygen atoms in total. The van der Waals surface area contributed by atoms with E-state index in [1.54, 1.807) is 16.0 Å². The Balaban J connectivity index is 1.43. The van der Waals surface area contributed by atoms with Crippen molar-refractivity contribution in [2.45, 2.75) is 43.8 Å². The largest absolute Gasteiger partial charge is 0.346 e. The van der Waals surface area contributed by atoms with Crippen molar-refractivity contribution in [2.75, 3.05) is 0 Å². The van der Waals surface area contributed by atoms with Crippen molar-refractivity contribution < 1.29 is 4.79 Å². The van der Waals surface area contributed by atoms with Gasteiger partial charge in [-0.15, -0.1) is 16.4 Å². The van der Waals surface area contributed by atoms with Crippen LogP contribution in [-0.4, -0.2) is 38.8 Å². The molecule has 7 heteroatoms. The third kappa shape index (κ3) is 3.28. The standard InChI is InChI=1S/C20H21N5OS/c26-20(22-15-11-13-8-9-14(12-15)21-13)18-23-19(17-7-4-10-27-17)25(24-18)16-5-2-1-3-6-16/h1-7,10,13-15,21H,8-9,11-12H2,(H,22,26). The smallest absolute Gasteiger partial charge is 0.291 e. The number of hydrogen-bond acceptors (Lipinski definition) is 5. The van der Waals surface area contributed by atoms with Gasteiger partial charge in [0.2, 0.25) is 5.82 Å². The summed E-state index contributed by atoms with van der Waals surface area (Å²) in [5, 5.41) is 13.3. The fourth-order valence-electron chi connectivity index (χ4n) is 4.15. The molecule has 0 spiro atoms. The van der Waals surface area contributed by atoms with Crippen LogP contribution in [0.2, 0.25) is 0 Å². The molecule has 2 fully saturated rings. The molecule has 0 saturated carbocycles. The van der Waals surface area contributed by atoms with Gasteiger partial charge in [-0.2, -0.15) is 0 Å². The second kappa shape index (κ2) is 6.90. The number of para-hydroxylation sites is 1. The van der Waals surface area contributed by atoms with Gasteiger partial charge in [-0.05, 0) is 49.3 Å². The molecule has 4 heterocycles. The maximum Gasteiger partial charge on any atom is 0.291 e. The number of benzene rings is 1. The van der Waals surface area contributed by atoms with Gasteiger partial charge in [0.25, 0.3) is 5.91 Å². The quantitative estimate of drug-likeness (QED) is 0.731. The lowest BCUT2D eigenvalue weighted by Crippen LogP contribution is -2.48. The number of fused-ring (bicyclic) bond motifs is 2. The van der Waals surface area contributed by atoms with Crippen LogP contribution >= 0.6 is 11.3 Å². The lowest BCUT2D eigenvalue weighted by atomic mass is 10.00. The molecule has 3 aromatic rings. The number of amides is 1. The summed E-state index contributed by atoms with van der Waals surface area (Å²) < 4.78 is 1.76. The Labute approximate surface area is 161 Å². The SMILES string of the molecule is O=C(NC1CC2CCC(C1)N2)c1nc(-c2cccs2)n(-c2ccccc2)n1. The van der Waals surface area contributed by atoms with Crippen molar-refractivity contribution in [3.63, 3.8) is 0 Å². The number of thiophene rings is 1. The highest BCUT2D eigenvalue weighted by Crippen LogP contribution is 2.28. The molecular weight excluding hydrogens is 358 g/mol. The minimum atomic E-state index is -0.186. The number of nitrogens with zero attached hydrogens (tertiary/aromatic N) is 3. The van der Waals surface area contributed by atoms with Crippen LogP contribution in [0.5, 0.6) is 0 Å². The molecule has 2 N–H and O–H groups in total. The number of hydrogen-bond donors (Lipinski definition) is 2. The third-order valence-electron chi connectivity index (χ3n) is 5.36. The van der Waals surface area contributed by atoms with Crippen LogP contribution in [0.3, 0.4) is 0 Å². The number of rotatable bonds is 4. The van der Waals surface area contributed by atoms with E-state index < -0.39 is 0 Å². The molecule has 2 aliphatic heterocycles. The summed E-state index contributed by atoms with van der Waals surface area (Å²) >= 11 is 1.59. The summed E-state index contributed by atoms with van der Waals surface area (Å²) in [4.78, 5) is 18.4. The maximum absolute atomic E-state index is 12.8. The first kappa shape index (κ1) is 16.6. The first-order valence-corrected chi connectivity index (χ1v) is 10.3. The molecule has 2 bridgehead atoms. The summed E-state index contributed by atoms with van der Waals surface area (Å²) in [5.74, 6) is 0.744. The summed E-state index contributed by atoms with van der Waals surface area (Å²) in [5.41, 5.74) is 0.896. The van der Waals surface area contributed by atoms with Gasteiger partial charge >= 0.3 is 0 Å². The van der Waals surface area contributed by atoms with Crippen LogP contribution in [0.25, 0.3) is 16.4 Å². The summed E-state index contributed by atoms with van der Waals surface area (Å²) in [6.07, 6.45) is 4.39. The maximum atomic E-state index is 12.8. The number of aromatic nitrogens is 3. The zero-order valence-corrected chi connectivity index (χ0v) is 15.7. The Hall–Kier alpha value is -2.51. The first-order chi connectivity index (χ1) is 13.3. The number of carbonyl (C=O) groups is 1. The highest BCUT2D eigenvalue weighted by molar-refractivity contribution is 7.13. The van der Waals surface area contributed by atoms with E-state index >= 15 is 0 Å².